The predicted octanol–water partition coefficient (Wildman–Crippen LogP) is -0.379. The Morgan fingerprint density at radius 3 is 2.20 bits per heavy atom. The Morgan fingerprint density at radius 2 is 1.70 bits per heavy atom. The van der Waals surface area contributed by atoms with Crippen LogP contribution < -0.4 is 10.0 Å². The number of nitrogens with one attached hydrogen (secondary N) is 2. The maximum atomic E-state index is 11.9. The lowest BCUT2D eigenvalue weighted by Gasteiger charge is -2.07. The van der Waals surface area contributed by atoms with Gasteiger partial charge in [-0.2, -0.15) is 0 Å². The van der Waals surface area contributed by atoms with E-state index in [2.05, 4.69) is 20.0 Å². The van der Waals surface area contributed by atoms with Gasteiger partial charge in [-0.1, -0.05) is 6.92 Å². The number of sulfone groups is 1. The van der Waals surface area contributed by atoms with Crippen LogP contribution >= 0.6 is 0 Å². The first-order valence-electron chi connectivity index (χ1n) is 6.06. The zero-order valence-electron chi connectivity index (χ0n) is 11.3. The lowest BCUT2D eigenvalue weighted by molar-refractivity contribution is 0.580. The van der Waals surface area contributed by atoms with Crippen LogP contribution in [0.3, 0.4) is 0 Å². The number of sulfonamides is 1. The molecule has 1 rings (SSSR count). The van der Waals surface area contributed by atoms with Crippen LogP contribution in [0.25, 0.3) is 0 Å². The molecule has 1 heterocycles. The Bertz CT molecular complexity index is 626. The minimum Gasteiger partial charge on any atom is -0.355 e. The van der Waals surface area contributed by atoms with Gasteiger partial charge in [0.2, 0.25) is 16.0 Å². The highest BCUT2D eigenvalue weighted by molar-refractivity contribution is 7.91. The molecule has 0 aliphatic heterocycles. The SMILES string of the molecule is CCNc1ncc(S(=O)(=O)NCCS(=O)(=O)CC)cn1. The van der Waals surface area contributed by atoms with Crippen LogP contribution in [0, 0.1) is 0 Å². The standard InChI is InChI=1S/C10H18N4O4S2/c1-3-11-10-12-7-9(8-13-10)20(17,18)14-5-6-19(15,16)4-2/h7-8,14H,3-6H2,1-2H3,(H,11,12,13). The Labute approximate surface area is 119 Å². The van der Waals surface area contributed by atoms with Crippen LogP contribution in [0.15, 0.2) is 17.3 Å². The summed E-state index contributed by atoms with van der Waals surface area (Å²) >= 11 is 0. The van der Waals surface area contributed by atoms with Gasteiger partial charge in [0.05, 0.1) is 18.1 Å². The lowest BCUT2D eigenvalue weighted by Crippen LogP contribution is -2.30. The fraction of sp³-hybridized carbons (Fsp3) is 0.600. The van der Waals surface area contributed by atoms with Crippen molar-refractivity contribution in [1.82, 2.24) is 14.7 Å². The van der Waals surface area contributed by atoms with Crippen molar-refractivity contribution in [3.63, 3.8) is 0 Å². The maximum Gasteiger partial charge on any atom is 0.243 e. The van der Waals surface area contributed by atoms with Gasteiger partial charge < -0.3 is 5.32 Å². The summed E-state index contributed by atoms with van der Waals surface area (Å²) in [5.74, 6) is 0.0777. The number of nitrogens with zero attached hydrogens (tertiary/aromatic N) is 2. The molecule has 0 atom stereocenters. The average molecular weight is 322 g/mol. The molecule has 2 N–H and O–H groups in total. The van der Waals surface area contributed by atoms with E-state index < -0.39 is 19.9 Å². The van der Waals surface area contributed by atoms with Crippen molar-refractivity contribution in [1.29, 1.82) is 0 Å². The van der Waals surface area contributed by atoms with Crippen molar-refractivity contribution in [2.45, 2.75) is 18.7 Å². The molecule has 0 amide bonds. The van der Waals surface area contributed by atoms with E-state index in [-0.39, 0.29) is 22.9 Å². The number of aromatic nitrogens is 2. The second-order valence-electron chi connectivity index (χ2n) is 3.91. The summed E-state index contributed by atoms with van der Waals surface area (Å²) in [5, 5.41) is 2.84. The van der Waals surface area contributed by atoms with Crippen molar-refractivity contribution in [3.8, 4) is 0 Å². The largest absolute Gasteiger partial charge is 0.355 e. The quantitative estimate of drug-likeness (QED) is 0.670. The molecule has 114 valence electrons. The first-order valence-corrected chi connectivity index (χ1v) is 9.37. The van der Waals surface area contributed by atoms with Crippen LogP contribution in [0.1, 0.15) is 13.8 Å². The number of rotatable bonds is 8. The van der Waals surface area contributed by atoms with Crippen molar-refractivity contribution >= 4 is 25.8 Å². The summed E-state index contributed by atoms with van der Waals surface area (Å²) in [6, 6.07) is 0. The number of anilines is 1. The second kappa shape index (κ2) is 6.95. The summed E-state index contributed by atoms with van der Waals surface area (Å²) < 4.78 is 48.5. The third-order valence-electron chi connectivity index (χ3n) is 2.42. The smallest absolute Gasteiger partial charge is 0.243 e. The molecule has 0 aliphatic carbocycles. The highest BCUT2D eigenvalue weighted by atomic mass is 32.2. The van der Waals surface area contributed by atoms with Gasteiger partial charge in [-0.05, 0) is 6.92 Å². The van der Waals surface area contributed by atoms with E-state index in [0.29, 0.717) is 12.5 Å². The van der Waals surface area contributed by atoms with Crippen LogP contribution in [0.4, 0.5) is 5.95 Å². The monoisotopic (exact) mass is 322 g/mol. The number of hydrogen-bond donors (Lipinski definition) is 2. The van der Waals surface area contributed by atoms with Gasteiger partial charge in [0, 0.05) is 18.8 Å². The van der Waals surface area contributed by atoms with E-state index in [0.717, 1.165) is 0 Å². The second-order valence-corrected chi connectivity index (χ2v) is 8.15. The third-order valence-corrected chi connectivity index (χ3v) is 5.54. The molecule has 10 heteroatoms. The highest BCUT2D eigenvalue weighted by Gasteiger charge is 2.16. The molecule has 1 aromatic rings. The Morgan fingerprint density at radius 1 is 1.10 bits per heavy atom. The molecule has 0 spiro atoms. The Kier molecular flexibility index (Phi) is 5.84. The van der Waals surface area contributed by atoms with Crippen LogP contribution in [-0.2, 0) is 19.9 Å². The molecule has 0 saturated carbocycles. The normalized spacial score (nSPS) is 12.3. The summed E-state index contributed by atoms with van der Waals surface area (Å²) in [6.07, 6.45) is 2.34. The zero-order chi connectivity index (χ0) is 15.2. The van der Waals surface area contributed by atoms with E-state index >= 15 is 0 Å². The molecule has 20 heavy (non-hydrogen) atoms. The molecule has 1 aromatic heterocycles. The molecule has 0 radical (unpaired) electrons. The van der Waals surface area contributed by atoms with Crippen LogP contribution in [0.5, 0.6) is 0 Å². The highest BCUT2D eigenvalue weighted by Crippen LogP contribution is 2.07. The molecule has 0 unspecified atom stereocenters. The van der Waals surface area contributed by atoms with Gasteiger partial charge in [-0.15, -0.1) is 0 Å². The maximum absolute atomic E-state index is 11.9. The molecule has 0 bridgehead atoms. The fourth-order valence-electron chi connectivity index (χ4n) is 1.26. The van der Waals surface area contributed by atoms with E-state index in [1.165, 1.54) is 19.3 Å². The van der Waals surface area contributed by atoms with E-state index in [1.807, 2.05) is 6.92 Å². The molecule has 0 saturated heterocycles. The van der Waals surface area contributed by atoms with Crippen molar-refractivity contribution in [3.05, 3.63) is 12.4 Å². The summed E-state index contributed by atoms with van der Waals surface area (Å²) in [5.41, 5.74) is 0. The van der Waals surface area contributed by atoms with E-state index in [9.17, 15) is 16.8 Å². The Balaban J connectivity index is 2.69. The summed E-state index contributed by atoms with van der Waals surface area (Å²) in [7, 11) is -7.00. The minimum atomic E-state index is -3.79. The molecule has 0 aliphatic rings. The fourth-order valence-corrected chi connectivity index (χ4v) is 3.01. The summed E-state index contributed by atoms with van der Waals surface area (Å²) in [4.78, 5) is 7.59. The molecule has 0 fully saturated rings. The predicted molar refractivity (Wildman–Crippen MR) is 75.7 cm³/mol. The van der Waals surface area contributed by atoms with E-state index in [4.69, 9.17) is 0 Å². The van der Waals surface area contributed by atoms with Crippen molar-refractivity contribution in [2.75, 3.05) is 29.9 Å². The van der Waals surface area contributed by atoms with Crippen LogP contribution in [0.2, 0.25) is 0 Å². The first kappa shape index (κ1) is 16.8. The van der Waals surface area contributed by atoms with E-state index in [1.54, 1.807) is 0 Å². The minimum absolute atomic E-state index is 0.0186. The van der Waals surface area contributed by atoms with Crippen LogP contribution in [-0.4, -0.2) is 51.4 Å². The topological polar surface area (TPSA) is 118 Å². The molecule has 8 nitrogen and oxygen atoms in total. The van der Waals surface area contributed by atoms with Gasteiger partial charge in [0.15, 0.2) is 9.84 Å². The third kappa shape index (κ3) is 5.02. The zero-order valence-corrected chi connectivity index (χ0v) is 13.0. The first-order chi connectivity index (χ1) is 9.30. The molecular formula is C10H18N4O4S2. The van der Waals surface area contributed by atoms with Gasteiger partial charge in [-0.25, -0.2) is 31.5 Å². The Hall–Kier alpha value is -1.26. The van der Waals surface area contributed by atoms with Gasteiger partial charge in [-0.3, -0.25) is 0 Å². The average Bonchev–Trinajstić information content (AvgIpc) is 2.39. The summed E-state index contributed by atoms with van der Waals surface area (Å²) in [6.45, 7) is 3.83. The van der Waals surface area contributed by atoms with Gasteiger partial charge >= 0.3 is 0 Å². The molecule has 0 aromatic carbocycles. The van der Waals surface area contributed by atoms with Crippen molar-refractivity contribution in [2.24, 2.45) is 0 Å². The number of hydrogen-bond acceptors (Lipinski definition) is 7. The lowest BCUT2D eigenvalue weighted by atomic mass is 10.6. The van der Waals surface area contributed by atoms with Gasteiger partial charge in [0.25, 0.3) is 0 Å². The van der Waals surface area contributed by atoms with Crippen molar-refractivity contribution < 1.29 is 16.8 Å². The molecular weight excluding hydrogens is 304 g/mol. The van der Waals surface area contributed by atoms with Gasteiger partial charge in [0.1, 0.15) is 4.90 Å².